The van der Waals surface area contributed by atoms with Gasteiger partial charge in [-0.15, -0.1) is 0 Å². The molecule has 4 nitrogen and oxygen atoms in total. The van der Waals surface area contributed by atoms with Crippen molar-refractivity contribution in [3.8, 4) is 0 Å². The van der Waals surface area contributed by atoms with Gasteiger partial charge in [-0.25, -0.2) is 0 Å². The molecule has 1 heterocycles. The highest BCUT2D eigenvalue weighted by molar-refractivity contribution is 6.30. The minimum Gasteiger partial charge on any atom is -0.468 e. The van der Waals surface area contributed by atoms with Crippen molar-refractivity contribution in [3.63, 3.8) is 0 Å². The van der Waals surface area contributed by atoms with Crippen molar-refractivity contribution >= 4 is 28.5 Å². The minimum absolute atomic E-state index is 0.269. The van der Waals surface area contributed by atoms with Crippen molar-refractivity contribution in [2.75, 3.05) is 7.11 Å². The third-order valence-electron chi connectivity index (χ3n) is 4.05. The van der Waals surface area contributed by atoms with Crippen molar-refractivity contribution < 1.29 is 9.53 Å². The van der Waals surface area contributed by atoms with Crippen LogP contribution in [0.1, 0.15) is 11.1 Å². The molecule has 2 N–H and O–H groups in total. The van der Waals surface area contributed by atoms with E-state index in [4.69, 9.17) is 16.3 Å². The fourth-order valence-corrected chi connectivity index (χ4v) is 2.87. The first-order valence-corrected chi connectivity index (χ1v) is 8.16. The normalized spacial score (nSPS) is 12.2. The lowest BCUT2D eigenvalue weighted by Gasteiger charge is -2.16. The summed E-state index contributed by atoms with van der Waals surface area (Å²) >= 11 is 5.90. The molecule has 3 rings (SSSR count). The van der Waals surface area contributed by atoms with Gasteiger partial charge in [-0.05, 0) is 29.3 Å². The molecule has 0 spiro atoms. The zero-order valence-corrected chi connectivity index (χ0v) is 14.1. The maximum absolute atomic E-state index is 12.1. The van der Waals surface area contributed by atoms with Crippen molar-refractivity contribution in [3.05, 3.63) is 70.9 Å². The number of halogens is 1. The Balaban J connectivity index is 1.74. The Hall–Kier alpha value is -2.30. The number of methoxy groups -OCH3 is 1. The first-order valence-electron chi connectivity index (χ1n) is 7.78. The summed E-state index contributed by atoms with van der Waals surface area (Å²) in [5, 5.41) is 5.10. The van der Waals surface area contributed by atoms with E-state index in [0.717, 1.165) is 22.0 Å². The fourth-order valence-electron chi connectivity index (χ4n) is 2.74. The number of carbonyl (C=O) groups is 1. The van der Waals surface area contributed by atoms with Gasteiger partial charge in [-0.1, -0.05) is 41.9 Å². The van der Waals surface area contributed by atoms with Crippen molar-refractivity contribution in [1.29, 1.82) is 0 Å². The fraction of sp³-hybridized carbons (Fsp3) is 0.211. The number of para-hydroxylation sites is 1. The standard InChI is InChI=1S/C19H19ClN2O2/c1-24-19(23)18(21-11-13-6-8-15(20)9-7-13)10-14-12-22-17-5-3-2-4-16(14)17/h2-9,12,18,21-22H,10-11H2,1H3. The average molecular weight is 343 g/mol. The van der Waals surface area contributed by atoms with E-state index in [-0.39, 0.29) is 5.97 Å². The number of carbonyl (C=O) groups excluding carboxylic acids is 1. The predicted molar refractivity (Wildman–Crippen MR) is 96.1 cm³/mol. The molecule has 1 unspecified atom stereocenters. The van der Waals surface area contributed by atoms with Gasteiger partial charge in [0.25, 0.3) is 0 Å². The van der Waals surface area contributed by atoms with Gasteiger partial charge in [0.2, 0.25) is 0 Å². The molecule has 24 heavy (non-hydrogen) atoms. The van der Waals surface area contributed by atoms with E-state index in [1.165, 1.54) is 7.11 Å². The predicted octanol–water partition coefficient (Wildman–Crippen LogP) is 3.70. The number of hydrogen-bond acceptors (Lipinski definition) is 3. The summed E-state index contributed by atoms with van der Waals surface area (Å²) in [6.07, 6.45) is 2.51. The maximum Gasteiger partial charge on any atom is 0.323 e. The molecule has 0 amide bonds. The summed E-state index contributed by atoms with van der Waals surface area (Å²) in [6, 6.07) is 15.2. The summed E-state index contributed by atoms with van der Waals surface area (Å²) in [4.78, 5) is 15.4. The lowest BCUT2D eigenvalue weighted by atomic mass is 10.0. The van der Waals surface area contributed by atoms with Crippen molar-refractivity contribution in [1.82, 2.24) is 10.3 Å². The monoisotopic (exact) mass is 342 g/mol. The van der Waals surface area contributed by atoms with E-state index in [0.29, 0.717) is 18.0 Å². The molecule has 0 fully saturated rings. The van der Waals surface area contributed by atoms with Crippen LogP contribution in [0.25, 0.3) is 10.9 Å². The number of aromatic amines is 1. The molecular weight excluding hydrogens is 324 g/mol. The van der Waals surface area contributed by atoms with Crippen LogP contribution in [0.5, 0.6) is 0 Å². The number of aromatic nitrogens is 1. The van der Waals surface area contributed by atoms with Crippen molar-refractivity contribution in [2.45, 2.75) is 19.0 Å². The molecule has 0 saturated carbocycles. The van der Waals surface area contributed by atoms with Crippen LogP contribution in [0.3, 0.4) is 0 Å². The largest absolute Gasteiger partial charge is 0.468 e. The SMILES string of the molecule is COC(=O)C(Cc1c[nH]c2ccccc12)NCc1ccc(Cl)cc1. The second-order valence-electron chi connectivity index (χ2n) is 5.65. The van der Waals surface area contributed by atoms with E-state index in [2.05, 4.69) is 16.4 Å². The minimum atomic E-state index is -0.412. The van der Waals surface area contributed by atoms with Crippen LogP contribution in [0, 0.1) is 0 Å². The lowest BCUT2D eigenvalue weighted by molar-refractivity contribution is -0.143. The first kappa shape index (κ1) is 16.6. The molecule has 0 saturated heterocycles. The van der Waals surface area contributed by atoms with Gasteiger partial charge in [-0.2, -0.15) is 0 Å². The third kappa shape index (κ3) is 3.78. The van der Waals surface area contributed by atoms with E-state index in [9.17, 15) is 4.79 Å². The number of benzene rings is 2. The topological polar surface area (TPSA) is 54.1 Å². The van der Waals surface area contributed by atoms with Gasteiger partial charge >= 0.3 is 5.97 Å². The zero-order valence-electron chi connectivity index (χ0n) is 13.4. The number of ether oxygens (including phenoxy) is 1. The van der Waals surface area contributed by atoms with Crippen LogP contribution in [0.15, 0.2) is 54.7 Å². The third-order valence-corrected chi connectivity index (χ3v) is 4.30. The number of hydrogen-bond donors (Lipinski definition) is 2. The van der Waals surface area contributed by atoms with Crippen LogP contribution in [-0.2, 0) is 22.5 Å². The van der Waals surface area contributed by atoms with Crippen LogP contribution in [0.2, 0.25) is 5.02 Å². The highest BCUT2D eigenvalue weighted by Crippen LogP contribution is 2.19. The van der Waals surface area contributed by atoms with Gasteiger partial charge in [0.15, 0.2) is 0 Å². The highest BCUT2D eigenvalue weighted by atomic mass is 35.5. The Morgan fingerprint density at radius 1 is 1.21 bits per heavy atom. The average Bonchev–Trinajstić information content (AvgIpc) is 3.02. The van der Waals surface area contributed by atoms with Crippen LogP contribution >= 0.6 is 11.6 Å². The molecule has 0 aliphatic carbocycles. The Morgan fingerprint density at radius 3 is 2.71 bits per heavy atom. The summed E-state index contributed by atoms with van der Waals surface area (Å²) in [5.74, 6) is -0.269. The molecule has 2 aromatic carbocycles. The Kier molecular flexibility index (Phi) is 5.18. The molecule has 5 heteroatoms. The van der Waals surface area contributed by atoms with Crippen LogP contribution in [-0.4, -0.2) is 24.1 Å². The van der Waals surface area contributed by atoms with E-state index in [1.54, 1.807) is 0 Å². The highest BCUT2D eigenvalue weighted by Gasteiger charge is 2.20. The van der Waals surface area contributed by atoms with E-state index in [1.807, 2.05) is 48.7 Å². The summed E-state index contributed by atoms with van der Waals surface area (Å²) < 4.78 is 4.95. The number of H-pyrrole nitrogens is 1. The Labute approximate surface area is 145 Å². The Bertz CT molecular complexity index is 827. The number of fused-ring (bicyclic) bond motifs is 1. The molecule has 0 bridgehead atoms. The quantitative estimate of drug-likeness (QED) is 0.672. The second kappa shape index (κ2) is 7.51. The lowest BCUT2D eigenvalue weighted by Crippen LogP contribution is -2.39. The van der Waals surface area contributed by atoms with Gasteiger partial charge in [0, 0.05) is 35.1 Å². The van der Waals surface area contributed by atoms with E-state index < -0.39 is 6.04 Å². The van der Waals surface area contributed by atoms with E-state index >= 15 is 0 Å². The van der Waals surface area contributed by atoms with Gasteiger partial charge in [0.1, 0.15) is 6.04 Å². The number of rotatable bonds is 6. The summed E-state index contributed by atoms with van der Waals surface area (Å²) in [5.41, 5.74) is 3.21. The van der Waals surface area contributed by atoms with Crippen LogP contribution < -0.4 is 5.32 Å². The molecule has 0 aliphatic rings. The Morgan fingerprint density at radius 2 is 1.96 bits per heavy atom. The van der Waals surface area contributed by atoms with Gasteiger partial charge in [0.05, 0.1) is 7.11 Å². The maximum atomic E-state index is 12.1. The molecule has 3 aromatic rings. The van der Waals surface area contributed by atoms with Gasteiger partial charge in [-0.3, -0.25) is 4.79 Å². The second-order valence-corrected chi connectivity index (χ2v) is 6.08. The molecular formula is C19H19ClN2O2. The summed E-state index contributed by atoms with van der Waals surface area (Å²) in [7, 11) is 1.41. The number of nitrogens with one attached hydrogen (secondary N) is 2. The molecule has 0 aliphatic heterocycles. The smallest absolute Gasteiger partial charge is 0.323 e. The molecule has 1 aromatic heterocycles. The molecule has 1 atom stereocenters. The summed E-state index contributed by atoms with van der Waals surface area (Å²) in [6.45, 7) is 0.569. The first-order chi connectivity index (χ1) is 11.7. The number of esters is 1. The molecule has 124 valence electrons. The van der Waals surface area contributed by atoms with Crippen LogP contribution in [0.4, 0.5) is 0 Å². The molecule has 0 radical (unpaired) electrons. The van der Waals surface area contributed by atoms with Crippen molar-refractivity contribution in [2.24, 2.45) is 0 Å². The van der Waals surface area contributed by atoms with Gasteiger partial charge < -0.3 is 15.0 Å². The zero-order chi connectivity index (χ0) is 16.9.